The molecule has 0 aliphatic heterocycles. The number of anilines is 1. The number of nitrogens with one attached hydrogen (secondary N) is 1. The zero-order chi connectivity index (χ0) is 17.9. The minimum absolute atomic E-state index is 0.607. The Morgan fingerprint density at radius 1 is 0.923 bits per heavy atom. The Morgan fingerprint density at radius 3 is 2.54 bits per heavy atom. The van der Waals surface area contributed by atoms with Crippen LogP contribution in [-0.4, -0.2) is 16.4 Å². The van der Waals surface area contributed by atoms with E-state index in [-0.39, 0.29) is 0 Å². The first kappa shape index (κ1) is 16.0. The number of aromatic nitrogens is 2. The molecule has 2 heterocycles. The fraction of sp³-hybridized carbons (Fsp3) is 0.0952. The normalized spacial score (nSPS) is 11.3. The smallest absolute Gasteiger partial charge is 0.176 e. The number of hydrazone groups is 1. The lowest BCUT2D eigenvalue weighted by Crippen LogP contribution is -1.99. The summed E-state index contributed by atoms with van der Waals surface area (Å²) in [6.45, 7) is 4.21. The third-order valence-corrected chi connectivity index (χ3v) is 4.37. The number of hydrogen-bond donors (Lipinski definition) is 1. The van der Waals surface area contributed by atoms with Crippen LogP contribution in [0.2, 0.25) is 0 Å². The summed E-state index contributed by atoms with van der Waals surface area (Å²) >= 11 is 0. The monoisotopic (exact) mass is 342 g/mol. The fourth-order valence-electron chi connectivity index (χ4n) is 2.81. The van der Waals surface area contributed by atoms with E-state index in [9.17, 15) is 0 Å². The number of rotatable bonds is 4. The van der Waals surface area contributed by atoms with E-state index in [1.807, 2.05) is 30.3 Å². The molecule has 26 heavy (non-hydrogen) atoms. The molecule has 0 aliphatic carbocycles. The summed E-state index contributed by atoms with van der Waals surface area (Å²) in [6, 6.07) is 18.0. The minimum Gasteiger partial charge on any atom is -0.463 e. The summed E-state index contributed by atoms with van der Waals surface area (Å²) in [4.78, 5) is 0. The van der Waals surface area contributed by atoms with E-state index < -0.39 is 0 Å². The molecular weight excluding hydrogens is 324 g/mol. The van der Waals surface area contributed by atoms with Gasteiger partial charge in [-0.15, -0.1) is 10.2 Å². The van der Waals surface area contributed by atoms with Crippen molar-refractivity contribution in [1.82, 2.24) is 10.2 Å². The number of nitrogens with zero attached hydrogens (tertiary/aromatic N) is 3. The first-order chi connectivity index (χ1) is 12.7. The quantitative estimate of drug-likeness (QED) is 0.421. The lowest BCUT2D eigenvalue weighted by Gasteiger charge is -2.10. The summed E-state index contributed by atoms with van der Waals surface area (Å²) in [6.07, 6.45) is 3.21. The highest BCUT2D eigenvalue weighted by molar-refractivity contribution is 6.00. The average Bonchev–Trinajstić information content (AvgIpc) is 3.18. The van der Waals surface area contributed by atoms with Crippen LogP contribution in [0.4, 0.5) is 5.82 Å². The van der Waals surface area contributed by atoms with Gasteiger partial charge in [0.05, 0.1) is 12.5 Å². The van der Waals surface area contributed by atoms with E-state index in [2.05, 4.69) is 58.8 Å². The van der Waals surface area contributed by atoms with Crippen LogP contribution in [0.15, 0.2) is 70.4 Å². The van der Waals surface area contributed by atoms with Crippen LogP contribution in [0, 0.1) is 13.8 Å². The van der Waals surface area contributed by atoms with Crippen LogP contribution in [0.25, 0.3) is 22.0 Å². The summed E-state index contributed by atoms with van der Waals surface area (Å²) in [7, 11) is 0. The fourth-order valence-corrected chi connectivity index (χ4v) is 2.81. The molecule has 0 radical (unpaired) electrons. The Bertz CT molecular complexity index is 1080. The molecule has 5 heteroatoms. The predicted molar refractivity (Wildman–Crippen MR) is 104 cm³/mol. The van der Waals surface area contributed by atoms with Gasteiger partial charge in [-0.3, -0.25) is 5.43 Å². The second-order valence-electron chi connectivity index (χ2n) is 6.13. The van der Waals surface area contributed by atoms with Gasteiger partial charge in [-0.2, -0.15) is 5.10 Å². The van der Waals surface area contributed by atoms with Gasteiger partial charge in [0.2, 0.25) is 0 Å². The molecule has 2 aromatic heterocycles. The van der Waals surface area contributed by atoms with E-state index in [1.165, 1.54) is 11.1 Å². The van der Waals surface area contributed by atoms with E-state index in [0.29, 0.717) is 11.6 Å². The lowest BCUT2D eigenvalue weighted by atomic mass is 10.0. The molecule has 1 N–H and O–H groups in total. The van der Waals surface area contributed by atoms with E-state index in [0.717, 1.165) is 22.0 Å². The van der Waals surface area contributed by atoms with Crippen LogP contribution < -0.4 is 5.43 Å². The number of benzene rings is 2. The first-order valence-corrected chi connectivity index (χ1v) is 8.38. The predicted octanol–water partition coefficient (Wildman–Crippen LogP) is 4.95. The molecule has 0 spiro atoms. The van der Waals surface area contributed by atoms with Gasteiger partial charge < -0.3 is 4.42 Å². The van der Waals surface area contributed by atoms with Gasteiger partial charge in [0.1, 0.15) is 11.5 Å². The van der Waals surface area contributed by atoms with Crippen molar-refractivity contribution in [1.29, 1.82) is 0 Å². The third-order valence-electron chi connectivity index (χ3n) is 4.37. The number of furan rings is 1. The van der Waals surface area contributed by atoms with Gasteiger partial charge >= 0.3 is 0 Å². The molecule has 128 valence electrons. The second kappa shape index (κ2) is 6.80. The summed E-state index contributed by atoms with van der Waals surface area (Å²) in [5, 5.41) is 15.0. The Morgan fingerprint density at radius 2 is 1.77 bits per heavy atom. The highest BCUT2D eigenvalue weighted by Crippen LogP contribution is 2.30. The van der Waals surface area contributed by atoms with Crippen LogP contribution >= 0.6 is 0 Å². The zero-order valence-electron chi connectivity index (χ0n) is 14.6. The molecule has 0 aliphatic rings. The van der Waals surface area contributed by atoms with Crippen molar-refractivity contribution in [2.45, 2.75) is 13.8 Å². The second-order valence-corrected chi connectivity index (χ2v) is 6.13. The summed E-state index contributed by atoms with van der Waals surface area (Å²) in [5.41, 5.74) is 7.38. The van der Waals surface area contributed by atoms with E-state index >= 15 is 0 Å². The molecule has 0 fully saturated rings. The first-order valence-electron chi connectivity index (χ1n) is 8.38. The molecule has 0 amide bonds. The SMILES string of the molecule is Cc1ccc(-c2nnc(NN=Cc3ccco3)c3ccccc23)cc1C. The molecule has 5 nitrogen and oxygen atoms in total. The third kappa shape index (κ3) is 3.07. The van der Waals surface area contributed by atoms with Crippen LogP contribution in [-0.2, 0) is 0 Å². The Hall–Kier alpha value is -3.47. The molecule has 0 bridgehead atoms. The molecular formula is C21H18N4O. The Kier molecular flexibility index (Phi) is 4.19. The van der Waals surface area contributed by atoms with Crippen molar-refractivity contribution in [2.75, 3.05) is 5.43 Å². The Labute approximate surface area is 151 Å². The molecule has 0 unspecified atom stereocenters. The minimum atomic E-state index is 0.607. The highest BCUT2D eigenvalue weighted by Gasteiger charge is 2.11. The summed E-state index contributed by atoms with van der Waals surface area (Å²) in [5.74, 6) is 1.28. The highest BCUT2D eigenvalue weighted by atomic mass is 16.3. The van der Waals surface area contributed by atoms with E-state index in [4.69, 9.17) is 4.42 Å². The number of fused-ring (bicyclic) bond motifs is 1. The van der Waals surface area contributed by atoms with Gasteiger partial charge in [-0.1, -0.05) is 36.4 Å². The number of hydrogen-bond acceptors (Lipinski definition) is 5. The van der Waals surface area contributed by atoms with Crippen LogP contribution in [0.5, 0.6) is 0 Å². The topological polar surface area (TPSA) is 63.3 Å². The maximum atomic E-state index is 5.23. The molecule has 4 aromatic rings. The standard InChI is InChI=1S/C21H18N4O/c1-14-9-10-16(12-15(14)2)20-18-7-3-4-8-19(18)21(25-23-20)24-22-13-17-6-5-11-26-17/h3-13H,1-2H3,(H,24,25). The van der Waals surface area contributed by atoms with Crippen LogP contribution in [0.1, 0.15) is 16.9 Å². The maximum Gasteiger partial charge on any atom is 0.176 e. The van der Waals surface area contributed by atoms with E-state index in [1.54, 1.807) is 12.5 Å². The zero-order valence-corrected chi connectivity index (χ0v) is 14.6. The molecule has 2 aromatic carbocycles. The van der Waals surface area contributed by atoms with Crippen molar-refractivity contribution in [3.8, 4) is 11.3 Å². The molecule has 0 saturated carbocycles. The van der Waals surface area contributed by atoms with Crippen molar-refractivity contribution in [3.63, 3.8) is 0 Å². The van der Waals surface area contributed by atoms with Gasteiger partial charge in [0, 0.05) is 16.3 Å². The molecule has 0 saturated heterocycles. The Balaban J connectivity index is 1.74. The van der Waals surface area contributed by atoms with Gasteiger partial charge in [-0.05, 0) is 43.2 Å². The van der Waals surface area contributed by atoms with Gasteiger partial charge in [0.25, 0.3) is 0 Å². The number of aryl methyl sites for hydroxylation is 2. The van der Waals surface area contributed by atoms with Crippen molar-refractivity contribution in [3.05, 3.63) is 77.7 Å². The van der Waals surface area contributed by atoms with Crippen molar-refractivity contribution in [2.24, 2.45) is 5.10 Å². The lowest BCUT2D eigenvalue weighted by molar-refractivity contribution is 0.560. The van der Waals surface area contributed by atoms with Crippen LogP contribution in [0.3, 0.4) is 0 Å². The molecule has 0 atom stereocenters. The maximum absolute atomic E-state index is 5.23. The van der Waals surface area contributed by atoms with Crippen molar-refractivity contribution < 1.29 is 4.42 Å². The largest absolute Gasteiger partial charge is 0.463 e. The van der Waals surface area contributed by atoms with Gasteiger partial charge in [-0.25, -0.2) is 0 Å². The van der Waals surface area contributed by atoms with Gasteiger partial charge in [0.15, 0.2) is 5.82 Å². The molecule has 4 rings (SSSR count). The summed E-state index contributed by atoms with van der Waals surface area (Å²) < 4.78 is 5.23. The van der Waals surface area contributed by atoms with Crippen molar-refractivity contribution >= 4 is 22.8 Å². The average molecular weight is 342 g/mol.